The summed E-state index contributed by atoms with van der Waals surface area (Å²) in [5.74, 6) is -1.84. The molecule has 0 saturated carbocycles. The third-order valence-corrected chi connectivity index (χ3v) is 3.65. The number of aliphatic hydroxyl groups is 1. The first kappa shape index (κ1) is 12.5. The predicted molar refractivity (Wildman–Crippen MR) is 67.7 cm³/mol. The molecule has 2 aliphatic rings. The lowest BCUT2D eigenvalue weighted by Crippen LogP contribution is -2.30. The number of non-ortho nitro benzene ring substituents is 1. The first-order chi connectivity index (χ1) is 9.54. The molecule has 20 heavy (non-hydrogen) atoms. The summed E-state index contributed by atoms with van der Waals surface area (Å²) in [6.07, 6.45) is 1.59. The van der Waals surface area contributed by atoms with E-state index in [9.17, 15) is 19.7 Å². The fourth-order valence-corrected chi connectivity index (χ4v) is 2.59. The molecule has 1 saturated heterocycles. The SMILES string of the molecule is O=C1C2C=C(CO)C2C(=O)N1c1ccc([N+](=O)[O-])cc1. The molecule has 7 heteroatoms. The maximum absolute atomic E-state index is 12.2. The van der Waals surface area contributed by atoms with Gasteiger partial charge in [0.05, 0.1) is 29.1 Å². The van der Waals surface area contributed by atoms with E-state index < -0.39 is 16.8 Å². The molecular formula is C13H10N2O5. The lowest BCUT2D eigenvalue weighted by atomic mass is 9.77. The molecular weight excluding hydrogens is 264 g/mol. The Bertz CT molecular complexity index is 649. The average Bonchev–Trinajstić information content (AvgIpc) is 2.56. The summed E-state index contributed by atoms with van der Waals surface area (Å²) in [6, 6.07) is 5.24. The minimum absolute atomic E-state index is 0.106. The molecule has 0 spiro atoms. The number of hydrogen-bond donors (Lipinski definition) is 1. The van der Waals surface area contributed by atoms with E-state index in [-0.39, 0.29) is 24.1 Å². The Morgan fingerprint density at radius 3 is 2.40 bits per heavy atom. The van der Waals surface area contributed by atoms with Crippen molar-refractivity contribution in [2.75, 3.05) is 11.5 Å². The summed E-state index contributed by atoms with van der Waals surface area (Å²) < 4.78 is 0. The van der Waals surface area contributed by atoms with Crippen molar-refractivity contribution < 1.29 is 19.6 Å². The molecule has 0 radical (unpaired) electrons. The molecule has 2 atom stereocenters. The van der Waals surface area contributed by atoms with Crippen LogP contribution >= 0.6 is 0 Å². The molecule has 1 heterocycles. The number of hydrogen-bond acceptors (Lipinski definition) is 5. The van der Waals surface area contributed by atoms with Crippen LogP contribution in [0.25, 0.3) is 0 Å². The number of nitrogens with zero attached hydrogens (tertiary/aromatic N) is 2. The van der Waals surface area contributed by atoms with Gasteiger partial charge in [-0.15, -0.1) is 0 Å². The number of anilines is 1. The van der Waals surface area contributed by atoms with Crippen molar-refractivity contribution in [1.29, 1.82) is 0 Å². The third kappa shape index (κ3) is 1.56. The van der Waals surface area contributed by atoms with Gasteiger partial charge in [0, 0.05) is 12.1 Å². The highest BCUT2D eigenvalue weighted by molar-refractivity contribution is 6.24. The van der Waals surface area contributed by atoms with Gasteiger partial charge < -0.3 is 5.11 Å². The molecule has 102 valence electrons. The zero-order valence-electron chi connectivity index (χ0n) is 10.2. The van der Waals surface area contributed by atoms with Gasteiger partial charge in [0.2, 0.25) is 11.8 Å². The highest BCUT2D eigenvalue weighted by Crippen LogP contribution is 2.43. The monoisotopic (exact) mass is 274 g/mol. The largest absolute Gasteiger partial charge is 0.392 e. The van der Waals surface area contributed by atoms with E-state index in [0.717, 1.165) is 4.90 Å². The summed E-state index contributed by atoms with van der Waals surface area (Å²) in [7, 11) is 0. The number of imide groups is 1. The van der Waals surface area contributed by atoms with Crippen molar-refractivity contribution in [2.24, 2.45) is 11.8 Å². The van der Waals surface area contributed by atoms with Crippen molar-refractivity contribution in [1.82, 2.24) is 0 Å². The van der Waals surface area contributed by atoms with E-state index in [1.807, 2.05) is 0 Å². The third-order valence-electron chi connectivity index (χ3n) is 3.65. The van der Waals surface area contributed by atoms with Crippen LogP contribution in [-0.2, 0) is 9.59 Å². The van der Waals surface area contributed by atoms with Crippen molar-refractivity contribution in [3.05, 3.63) is 46.0 Å². The van der Waals surface area contributed by atoms with E-state index in [1.54, 1.807) is 6.08 Å². The summed E-state index contributed by atoms with van der Waals surface area (Å²) in [4.78, 5) is 35.3. The van der Waals surface area contributed by atoms with Crippen molar-refractivity contribution >= 4 is 23.2 Å². The van der Waals surface area contributed by atoms with Gasteiger partial charge in [-0.05, 0) is 17.7 Å². The quantitative estimate of drug-likeness (QED) is 0.377. The summed E-state index contributed by atoms with van der Waals surface area (Å²) in [5, 5.41) is 19.6. The van der Waals surface area contributed by atoms with E-state index in [1.165, 1.54) is 24.3 Å². The first-order valence-corrected chi connectivity index (χ1v) is 5.98. The molecule has 2 unspecified atom stereocenters. The molecule has 3 rings (SSSR count). The highest BCUT2D eigenvalue weighted by atomic mass is 16.6. The van der Waals surface area contributed by atoms with Gasteiger partial charge >= 0.3 is 0 Å². The fourth-order valence-electron chi connectivity index (χ4n) is 2.59. The highest BCUT2D eigenvalue weighted by Gasteiger charge is 2.53. The van der Waals surface area contributed by atoms with Gasteiger partial charge in [-0.3, -0.25) is 19.7 Å². The van der Waals surface area contributed by atoms with Crippen LogP contribution in [0.2, 0.25) is 0 Å². The van der Waals surface area contributed by atoms with Crippen LogP contribution in [0, 0.1) is 22.0 Å². The Kier molecular flexibility index (Phi) is 2.65. The van der Waals surface area contributed by atoms with Gasteiger partial charge in [-0.1, -0.05) is 6.08 Å². The normalized spacial score (nSPS) is 24.2. The zero-order valence-corrected chi connectivity index (χ0v) is 10.2. The predicted octanol–water partition coefficient (Wildman–Crippen LogP) is 0.633. The lowest BCUT2D eigenvalue weighted by molar-refractivity contribution is -0.384. The fraction of sp³-hybridized carbons (Fsp3) is 0.231. The molecule has 1 fully saturated rings. The molecule has 0 aromatic heterocycles. The molecule has 1 aromatic rings. The number of benzene rings is 1. The standard InChI is InChI=1S/C13H10N2O5/c16-6-7-5-10-11(7)13(18)14(12(10)17)8-1-3-9(4-2-8)15(19)20/h1-5,10-11,16H,6H2. The Hall–Kier alpha value is -2.54. The molecule has 2 amide bonds. The molecule has 1 N–H and O–H groups in total. The number of nitro benzene ring substituents is 1. The van der Waals surface area contributed by atoms with Crippen LogP contribution in [0.15, 0.2) is 35.9 Å². The summed E-state index contributed by atoms with van der Waals surface area (Å²) in [6.45, 7) is -0.242. The van der Waals surface area contributed by atoms with Crippen LogP contribution in [0.3, 0.4) is 0 Å². The number of rotatable bonds is 3. The maximum Gasteiger partial charge on any atom is 0.269 e. The Morgan fingerprint density at radius 2 is 1.85 bits per heavy atom. The second kappa shape index (κ2) is 4.24. The van der Waals surface area contributed by atoms with Gasteiger partial charge in [0.25, 0.3) is 5.69 Å². The van der Waals surface area contributed by atoms with Crippen LogP contribution < -0.4 is 4.90 Å². The Morgan fingerprint density at radius 1 is 1.20 bits per heavy atom. The molecule has 1 aliphatic heterocycles. The number of carbonyl (C=O) groups excluding carboxylic acids is 2. The lowest BCUT2D eigenvalue weighted by Gasteiger charge is -2.24. The van der Waals surface area contributed by atoms with E-state index in [4.69, 9.17) is 5.11 Å². The van der Waals surface area contributed by atoms with Crippen LogP contribution in [0.5, 0.6) is 0 Å². The average molecular weight is 274 g/mol. The van der Waals surface area contributed by atoms with E-state index >= 15 is 0 Å². The number of amides is 2. The molecule has 1 aromatic carbocycles. The second-order valence-corrected chi connectivity index (χ2v) is 4.69. The van der Waals surface area contributed by atoms with Crippen molar-refractivity contribution in [2.45, 2.75) is 0 Å². The van der Waals surface area contributed by atoms with Crippen LogP contribution in [0.4, 0.5) is 11.4 Å². The first-order valence-electron chi connectivity index (χ1n) is 5.98. The van der Waals surface area contributed by atoms with Crippen molar-refractivity contribution in [3.63, 3.8) is 0 Å². The van der Waals surface area contributed by atoms with Gasteiger partial charge in [0.15, 0.2) is 0 Å². The van der Waals surface area contributed by atoms with Crippen molar-refractivity contribution in [3.8, 4) is 0 Å². The smallest absolute Gasteiger partial charge is 0.269 e. The van der Waals surface area contributed by atoms with Gasteiger partial charge in [-0.2, -0.15) is 0 Å². The minimum atomic E-state index is -0.581. The number of carbonyl (C=O) groups is 2. The zero-order chi connectivity index (χ0) is 14.4. The number of nitro groups is 1. The molecule has 7 nitrogen and oxygen atoms in total. The number of fused-ring (bicyclic) bond motifs is 1. The molecule has 0 bridgehead atoms. The minimum Gasteiger partial charge on any atom is -0.392 e. The Labute approximate surface area is 113 Å². The van der Waals surface area contributed by atoms with Gasteiger partial charge in [0.1, 0.15) is 0 Å². The second-order valence-electron chi connectivity index (χ2n) is 4.69. The van der Waals surface area contributed by atoms with Gasteiger partial charge in [-0.25, -0.2) is 4.90 Å². The summed E-state index contributed by atoms with van der Waals surface area (Å²) >= 11 is 0. The Balaban J connectivity index is 1.91. The summed E-state index contributed by atoms with van der Waals surface area (Å²) in [5.41, 5.74) is 0.758. The number of aliphatic hydroxyl groups excluding tert-OH is 1. The maximum atomic E-state index is 12.2. The van der Waals surface area contributed by atoms with Crippen LogP contribution in [0.1, 0.15) is 0 Å². The van der Waals surface area contributed by atoms with Crippen LogP contribution in [-0.4, -0.2) is 28.5 Å². The molecule has 1 aliphatic carbocycles. The van der Waals surface area contributed by atoms with E-state index in [2.05, 4.69) is 0 Å². The topological polar surface area (TPSA) is 101 Å². The van der Waals surface area contributed by atoms with E-state index in [0.29, 0.717) is 11.3 Å².